The van der Waals surface area contributed by atoms with Crippen molar-refractivity contribution in [2.24, 2.45) is 0 Å². The fourth-order valence-corrected chi connectivity index (χ4v) is 1.79. The van der Waals surface area contributed by atoms with E-state index >= 15 is 0 Å². The van der Waals surface area contributed by atoms with Gasteiger partial charge in [0.2, 0.25) is 0 Å². The maximum absolute atomic E-state index is 11.0. The first-order valence-electron chi connectivity index (χ1n) is 7.30. The molecule has 0 N–H and O–H groups in total. The van der Waals surface area contributed by atoms with E-state index in [1.807, 2.05) is 24.3 Å². The molecule has 0 atom stereocenters. The number of carbonyl (C=O) groups excluding carboxylic acids is 2. The molecule has 120 valence electrons. The minimum Gasteiger partial charge on any atom is -0.494 e. The fourth-order valence-electron chi connectivity index (χ4n) is 1.79. The average Bonchev–Trinajstić information content (AvgIpc) is 2.56. The van der Waals surface area contributed by atoms with Gasteiger partial charge in [-0.1, -0.05) is 12.1 Å². The zero-order chi connectivity index (χ0) is 16.0. The third kappa shape index (κ3) is 8.09. The molecule has 22 heavy (non-hydrogen) atoms. The van der Waals surface area contributed by atoms with Crippen LogP contribution in [-0.2, 0) is 19.1 Å². The van der Waals surface area contributed by atoms with Gasteiger partial charge in [0.1, 0.15) is 5.75 Å². The quantitative estimate of drug-likeness (QED) is 0.272. The Balaban J connectivity index is 2.17. The number of ether oxygens (including phenoxy) is 3. The van der Waals surface area contributed by atoms with Crippen molar-refractivity contribution in [1.29, 1.82) is 0 Å². The molecular formula is C17H22O5. The van der Waals surface area contributed by atoms with Crippen LogP contribution in [-0.4, -0.2) is 32.8 Å². The van der Waals surface area contributed by atoms with E-state index in [4.69, 9.17) is 4.74 Å². The number of rotatable bonds is 11. The van der Waals surface area contributed by atoms with Gasteiger partial charge in [-0.2, -0.15) is 0 Å². The van der Waals surface area contributed by atoms with Gasteiger partial charge in [-0.25, -0.2) is 4.79 Å². The lowest BCUT2D eigenvalue weighted by Crippen LogP contribution is -1.98. The Bertz CT molecular complexity index is 464. The lowest BCUT2D eigenvalue weighted by Gasteiger charge is -2.06. The molecule has 0 amide bonds. The van der Waals surface area contributed by atoms with Gasteiger partial charge in [-0.05, 0) is 49.5 Å². The molecule has 0 saturated carbocycles. The van der Waals surface area contributed by atoms with Crippen molar-refractivity contribution in [3.05, 3.63) is 35.9 Å². The normalized spacial score (nSPS) is 10.4. The van der Waals surface area contributed by atoms with Gasteiger partial charge in [0.25, 0.3) is 6.47 Å². The van der Waals surface area contributed by atoms with Gasteiger partial charge in [0.05, 0.1) is 20.3 Å². The van der Waals surface area contributed by atoms with E-state index < -0.39 is 0 Å². The first-order valence-corrected chi connectivity index (χ1v) is 7.30. The number of methoxy groups -OCH3 is 1. The van der Waals surface area contributed by atoms with Crippen LogP contribution in [0.4, 0.5) is 0 Å². The van der Waals surface area contributed by atoms with Crippen LogP contribution in [0, 0.1) is 0 Å². The third-order valence-corrected chi connectivity index (χ3v) is 2.99. The monoisotopic (exact) mass is 306 g/mol. The van der Waals surface area contributed by atoms with Gasteiger partial charge in [0, 0.05) is 6.08 Å². The van der Waals surface area contributed by atoms with E-state index in [0.717, 1.165) is 37.0 Å². The van der Waals surface area contributed by atoms with Crippen LogP contribution in [0.3, 0.4) is 0 Å². The number of carbonyl (C=O) groups is 2. The fraction of sp³-hybridized carbons (Fsp3) is 0.412. The van der Waals surface area contributed by atoms with E-state index in [9.17, 15) is 9.59 Å². The zero-order valence-electron chi connectivity index (χ0n) is 12.8. The number of hydrogen-bond donors (Lipinski definition) is 0. The summed E-state index contributed by atoms with van der Waals surface area (Å²) in [6.45, 7) is 1.63. The van der Waals surface area contributed by atoms with Crippen molar-refractivity contribution in [3.63, 3.8) is 0 Å². The maximum atomic E-state index is 11.0. The van der Waals surface area contributed by atoms with Crippen LogP contribution in [0.5, 0.6) is 5.75 Å². The van der Waals surface area contributed by atoms with Crippen molar-refractivity contribution < 1.29 is 23.8 Å². The van der Waals surface area contributed by atoms with Crippen molar-refractivity contribution in [2.45, 2.75) is 25.7 Å². The van der Waals surface area contributed by atoms with Crippen molar-refractivity contribution in [3.8, 4) is 5.75 Å². The molecule has 0 spiro atoms. The predicted octanol–water partition coefficient (Wildman–Crippen LogP) is 2.99. The van der Waals surface area contributed by atoms with E-state index in [1.54, 1.807) is 6.08 Å². The Hall–Kier alpha value is -2.30. The molecule has 1 aromatic rings. The summed E-state index contributed by atoms with van der Waals surface area (Å²) in [6.07, 6.45) is 6.99. The van der Waals surface area contributed by atoms with Crippen LogP contribution in [0.1, 0.15) is 31.2 Å². The first-order chi connectivity index (χ1) is 10.8. The Morgan fingerprint density at radius 1 is 1.05 bits per heavy atom. The topological polar surface area (TPSA) is 61.8 Å². The Labute approximate surface area is 130 Å². The van der Waals surface area contributed by atoms with Crippen LogP contribution in [0.25, 0.3) is 6.08 Å². The predicted molar refractivity (Wildman–Crippen MR) is 83.5 cm³/mol. The lowest BCUT2D eigenvalue weighted by molar-refractivity contribution is -0.134. The summed E-state index contributed by atoms with van der Waals surface area (Å²) in [5.41, 5.74) is 0.910. The average molecular weight is 306 g/mol. The minimum atomic E-state index is -0.376. The van der Waals surface area contributed by atoms with Crippen LogP contribution in [0.2, 0.25) is 0 Å². The maximum Gasteiger partial charge on any atom is 0.330 e. The third-order valence-electron chi connectivity index (χ3n) is 2.99. The molecule has 0 aliphatic rings. The molecule has 0 fully saturated rings. The molecule has 0 heterocycles. The molecule has 5 heteroatoms. The first kappa shape index (κ1) is 17.8. The minimum absolute atomic E-state index is 0.376. The van der Waals surface area contributed by atoms with Crippen molar-refractivity contribution in [2.75, 3.05) is 20.3 Å². The van der Waals surface area contributed by atoms with Crippen LogP contribution >= 0.6 is 0 Å². The van der Waals surface area contributed by atoms with Gasteiger partial charge < -0.3 is 14.2 Å². The summed E-state index contributed by atoms with van der Waals surface area (Å²) >= 11 is 0. The molecule has 0 aliphatic heterocycles. The number of hydrogen-bond acceptors (Lipinski definition) is 5. The summed E-state index contributed by atoms with van der Waals surface area (Å²) < 4.78 is 14.8. The summed E-state index contributed by atoms with van der Waals surface area (Å²) in [7, 11) is 1.35. The summed E-state index contributed by atoms with van der Waals surface area (Å²) in [6, 6.07) is 7.50. The van der Waals surface area contributed by atoms with E-state index in [0.29, 0.717) is 19.7 Å². The van der Waals surface area contributed by atoms with E-state index in [2.05, 4.69) is 9.47 Å². The number of esters is 1. The second-order valence-corrected chi connectivity index (χ2v) is 4.66. The van der Waals surface area contributed by atoms with Crippen LogP contribution in [0.15, 0.2) is 30.3 Å². The molecule has 0 aliphatic carbocycles. The smallest absolute Gasteiger partial charge is 0.330 e. The highest BCUT2D eigenvalue weighted by molar-refractivity contribution is 5.86. The molecular weight excluding hydrogens is 284 g/mol. The number of unbranched alkanes of at least 4 members (excludes halogenated alkanes) is 3. The molecule has 1 aromatic carbocycles. The van der Waals surface area contributed by atoms with Crippen molar-refractivity contribution >= 4 is 18.5 Å². The Morgan fingerprint density at radius 2 is 1.73 bits per heavy atom. The molecule has 0 saturated heterocycles. The van der Waals surface area contributed by atoms with E-state index in [-0.39, 0.29) is 5.97 Å². The lowest BCUT2D eigenvalue weighted by atomic mass is 10.2. The SMILES string of the molecule is COC(=O)/C=C/c1ccc(OCCCCCCOC=O)cc1. The Morgan fingerprint density at radius 3 is 2.36 bits per heavy atom. The van der Waals surface area contributed by atoms with Gasteiger partial charge in [0.15, 0.2) is 0 Å². The molecule has 0 bridgehead atoms. The van der Waals surface area contributed by atoms with Gasteiger partial charge >= 0.3 is 5.97 Å². The number of benzene rings is 1. The highest BCUT2D eigenvalue weighted by Crippen LogP contribution is 2.14. The van der Waals surface area contributed by atoms with Crippen molar-refractivity contribution in [1.82, 2.24) is 0 Å². The summed E-state index contributed by atoms with van der Waals surface area (Å²) in [5, 5.41) is 0. The second-order valence-electron chi connectivity index (χ2n) is 4.66. The molecule has 5 nitrogen and oxygen atoms in total. The molecule has 0 radical (unpaired) electrons. The highest BCUT2D eigenvalue weighted by Gasteiger charge is 1.96. The summed E-state index contributed by atoms with van der Waals surface area (Å²) in [4.78, 5) is 20.9. The molecule has 1 rings (SSSR count). The van der Waals surface area contributed by atoms with Gasteiger partial charge in [-0.3, -0.25) is 4.79 Å². The van der Waals surface area contributed by atoms with E-state index in [1.165, 1.54) is 13.2 Å². The Kier molecular flexibility index (Phi) is 9.17. The largest absolute Gasteiger partial charge is 0.494 e. The van der Waals surface area contributed by atoms with Crippen LogP contribution < -0.4 is 4.74 Å². The second kappa shape index (κ2) is 11.4. The highest BCUT2D eigenvalue weighted by atomic mass is 16.5. The molecule has 0 unspecified atom stereocenters. The molecule has 0 aromatic heterocycles. The zero-order valence-corrected chi connectivity index (χ0v) is 12.8. The van der Waals surface area contributed by atoms with Gasteiger partial charge in [-0.15, -0.1) is 0 Å². The summed E-state index contributed by atoms with van der Waals surface area (Å²) in [5.74, 6) is 0.429. The standard InChI is InChI=1S/C17H22O5/c1-20-17(19)11-8-15-6-9-16(10-7-15)22-13-5-3-2-4-12-21-14-18/h6-11,14H,2-5,12-13H2,1H3/b11-8+.